The van der Waals surface area contributed by atoms with Crippen molar-refractivity contribution in [2.75, 3.05) is 7.11 Å². The second-order valence-electron chi connectivity index (χ2n) is 4.83. The zero-order valence-electron chi connectivity index (χ0n) is 12.2. The molecule has 5 nitrogen and oxygen atoms in total. The summed E-state index contributed by atoms with van der Waals surface area (Å²) >= 11 is 6.02. The number of carbonyl (C=O) groups is 1. The Morgan fingerprint density at radius 2 is 2.14 bits per heavy atom. The van der Waals surface area contributed by atoms with E-state index < -0.39 is 5.97 Å². The minimum atomic E-state index is -0.860. The molecule has 0 saturated heterocycles. The number of hydrogen-bond donors (Lipinski definition) is 1. The number of aromatic nitrogens is 2. The lowest BCUT2D eigenvalue weighted by molar-refractivity contribution is -0.136. The molecule has 0 aliphatic rings. The lowest BCUT2D eigenvalue weighted by Gasteiger charge is -2.10. The van der Waals surface area contributed by atoms with E-state index in [1.807, 2.05) is 26.0 Å². The highest BCUT2D eigenvalue weighted by Gasteiger charge is 2.15. The molecular formula is C15H17ClN2O3. The molecule has 1 N–H and O–H groups in total. The first-order valence-electron chi connectivity index (χ1n) is 6.49. The third-order valence-electron chi connectivity index (χ3n) is 3.42. The highest BCUT2D eigenvalue weighted by atomic mass is 35.5. The van der Waals surface area contributed by atoms with Crippen molar-refractivity contribution in [2.45, 2.75) is 26.8 Å². The molecule has 2 rings (SSSR count). The van der Waals surface area contributed by atoms with Crippen LogP contribution in [0.25, 0.3) is 0 Å². The number of rotatable bonds is 5. The van der Waals surface area contributed by atoms with Crippen LogP contribution in [0.15, 0.2) is 18.2 Å². The molecule has 0 aliphatic carbocycles. The van der Waals surface area contributed by atoms with Crippen molar-refractivity contribution in [3.63, 3.8) is 0 Å². The molecule has 2 aromatic rings. The Morgan fingerprint density at radius 3 is 2.76 bits per heavy atom. The van der Waals surface area contributed by atoms with Crippen LogP contribution < -0.4 is 4.74 Å². The Hall–Kier alpha value is -2.01. The molecule has 0 saturated carbocycles. The molecule has 0 bridgehead atoms. The van der Waals surface area contributed by atoms with Gasteiger partial charge < -0.3 is 9.84 Å². The number of aryl methyl sites for hydroxylation is 1. The van der Waals surface area contributed by atoms with Gasteiger partial charge in [0.1, 0.15) is 5.75 Å². The van der Waals surface area contributed by atoms with Crippen molar-refractivity contribution >= 4 is 17.6 Å². The van der Waals surface area contributed by atoms with Gasteiger partial charge in [0.25, 0.3) is 0 Å². The predicted molar refractivity (Wildman–Crippen MR) is 80.1 cm³/mol. The van der Waals surface area contributed by atoms with E-state index in [4.69, 9.17) is 21.4 Å². The minimum Gasteiger partial charge on any atom is -0.496 e. The van der Waals surface area contributed by atoms with Crippen LogP contribution in [0.1, 0.15) is 22.5 Å². The Kier molecular flexibility index (Phi) is 4.53. The Bertz CT molecular complexity index is 680. The van der Waals surface area contributed by atoms with Crippen LogP contribution in [0.3, 0.4) is 0 Å². The van der Waals surface area contributed by atoms with Crippen LogP contribution in [0.2, 0.25) is 5.02 Å². The maximum Gasteiger partial charge on any atom is 0.307 e. The quantitative estimate of drug-likeness (QED) is 0.922. The van der Waals surface area contributed by atoms with Crippen LogP contribution in [-0.2, 0) is 17.8 Å². The number of carboxylic acids is 1. The van der Waals surface area contributed by atoms with Gasteiger partial charge in [-0.3, -0.25) is 9.48 Å². The Balaban J connectivity index is 2.36. The second kappa shape index (κ2) is 6.18. The molecule has 0 spiro atoms. The standard InChI is InChI=1S/C15H17ClN2O3/c1-9-13(7-15(19)20)10(2)18(17-9)8-11-6-12(16)4-5-14(11)21-3/h4-6H,7-8H2,1-3H3,(H,19,20). The van der Waals surface area contributed by atoms with Gasteiger partial charge in [0.05, 0.1) is 25.8 Å². The summed E-state index contributed by atoms with van der Waals surface area (Å²) in [6, 6.07) is 5.40. The molecular weight excluding hydrogens is 292 g/mol. The summed E-state index contributed by atoms with van der Waals surface area (Å²) in [5, 5.41) is 14.0. The summed E-state index contributed by atoms with van der Waals surface area (Å²) in [4.78, 5) is 10.9. The van der Waals surface area contributed by atoms with Gasteiger partial charge in [-0.05, 0) is 32.0 Å². The van der Waals surface area contributed by atoms with Crippen molar-refractivity contribution in [3.8, 4) is 5.75 Å². The van der Waals surface area contributed by atoms with Crippen molar-refractivity contribution in [1.29, 1.82) is 0 Å². The van der Waals surface area contributed by atoms with Gasteiger partial charge in [-0.2, -0.15) is 5.10 Å². The number of ether oxygens (including phenoxy) is 1. The molecule has 1 aromatic heterocycles. The topological polar surface area (TPSA) is 64.4 Å². The van der Waals surface area contributed by atoms with E-state index in [0.29, 0.717) is 11.6 Å². The molecule has 0 fully saturated rings. The molecule has 21 heavy (non-hydrogen) atoms. The number of benzene rings is 1. The smallest absolute Gasteiger partial charge is 0.307 e. The third kappa shape index (κ3) is 3.36. The van der Waals surface area contributed by atoms with Gasteiger partial charge in [-0.15, -0.1) is 0 Å². The average molecular weight is 309 g/mol. The first-order valence-corrected chi connectivity index (χ1v) is 6.87. The molecule has 0 atom stereocenters. The lowest BCUT2D eigenvalue weighted by Crippen LogP contribution is -2.07. The summed E-state index contributed by atoms with van der Waals surface area (Å²) in [6.07, 6.45) is -0.0235. The normalized spacial score (nSPS) is 10.7. The van der Waals surface area contributed by atoms with Crippen LogP contribution in [-0.4, -0.2) is 28.0 Å². The number of nitrogens with zero attached hydrogens (tertiary/aromatic N) is 2. The molecule has 0 amide bonds. The zero-order valence-corrected chi connectivity index (χ0v) is 12.9. The number of methoxy groups -OCH3 is 1. The molecule has 1 heterocycles. The van der Waals surface area contributed by atoms with Gasteiger partial charge in [0, 0.05) is 21.8 Å². The minimum absolute atomic E-state index is 0.0235. The first kappa shape index (κ1) is 15.4. The monoisotopic (exact) mass is 308 g/mol. The van der Waals surface area contributed by atoms with Gasteiger partial charge in [0.2, 0.25) is 0 Å². The summed E-state index contributed by atoms with van der Waals surface area (Å²) < 4.78 is 7.10. The van der Waals surface area contributed by atoms with Gasteiger partial charge in [-0.25, -0.2) is 0 Å². The number of carboxylic acid groups (broad SMARTS) is 1. The van der Waals surface area contributed by atoms with Gasteiger partial charge in [0.15, 0.2) is 0 Å². The Morgan fingerprint density at radius 1 is 1.43 bits per heavy atom. The lowest BCUT2D eigenvalue weighted by atomic mass is 10.1. The molecule has 6 heteroatoms. The highest BCUT2D eigenvalue weighted by Crippen LogP contribution is 2.24. The molecule has 0 unspecified atom stereocenters. The molecule has 0 aliphatic heterocycles. The first-order chi connectivity index (χ1) is 9.92. The van der Waals surface area contributed by atoms with Crippen LogP contribution in [0.5, 0.6) is 5.75 Å². The zero-order chi connectivity index (χ0) is 15.6. The SMILES string of the molecule is COc1ccc(Cl)cc1Cn1nc(C)c(CC(=O)O)c1C. The van der Waals surface area contributed by atoms with Crippen molar-refractivity contribution in [3.05, 3.63) is 45.7 Å². The van der Waals surface area contributed by atoms with Crippen molar-refractivity contribution < 1.29 is 14.6 Å². The number of aliphatic carboxylic acids is 1. The van der Waals surface area contributed by atoms with Crippen LogP contribution >= 0.6 is 11.6 Å². The van der Waals surface area contributed by atoms with E-state index in [1.165, 1.54) is 0 Å². The van der Waals surface area contributed by atoms with Gasteiger partial charge in [-0.1, -0.05) is 11.6 Å². The highest BCUT2D eigenvalue weighted by molar-refractivity contribution is 6.30. The second-order valence-corrected chi connectivity index (χ2v) is 5.27. The van der Waals surface area contributed by atoms with E-state index >= 15 is 0 Å². The molecule has 0 radical (unpaired) electrons. The average Bonchev–Trinajstić information content (AvgIpc) is 2.66. The van der Waals surface area contributed by atoms with Crippen LogP contribution in [0, 0.1) is 13.8 Å². The maximum atomic E-state index is 10.9. The fourth-order valence-electron chi connectivity index (χ4n) is 2.33. The van der Waals surface area contributed by atoms with Crippen molar-refractivity contribution in [2.24, 2.45) is 0 Å². The van der Waals surface area contributed by atoms with E-state index in [0.717, 1.165) is 28.3 Å². The number of halogens is 1. The maximum absolute atomic E-state index is 10.9. The third-order valence-corrected chi connectivity index (χ3v) is 3.66. The fraction of sp³-hybridized carbons (Fsp3) is 0.333. The predicted octanol–water partition coefficient (Wildman–Crippen LogP) is 2.84. The van der Waals surface area contributed by atoms with E-state index in [2.05, 4.69) is 5.10 Å². The van der Waals surface area contributed by atoms with E-state index in [1.54, 1.807) is 17.9 Å². The molecule has 112 valence electrons. The van der Waals surface area contributed by atoms with Crippen LogP contribution in [0.4, 0.5) is 0 Å². The van der Waals surface area contributed by atoms with E-state index in [-0.39, 0.29) is 6.42 Å². The Labute approximate surface area is 128 Å². The summed E-state index contributed by atoms with van der Waals surface area (Å²) in [6.45, 7) is 4.17. The van der Waals surface area contributed by atoms with Crippen molar-refractivity contribution in [1.82, 2.24) is 9.78 Å². The molecule has 1 aromatic carbocycles. The number of hydrogen-bond acceptors (Lipinski definition) is 3. The summed E-state index contributed by atoms with van der Waals surface area (Å²) in [7, 11) is 1.60. The van der Waals surface area contributed by atoms with E-state index in [9.17, 15) is 4.79 Å². The largest absolute Gasteiger partial charge is 0.496 e. The summed E-state index contributed by atoms with van der Waals surface area (Å²) in [5.41, 5.74) is 3.23. The fourth-order valence-corrected chi connectivity index (χ4v) is 2.52. The summed E-state index contributed by atoms with van der Waals surface area (Å²) in [5.74, 6) is -0.132. The van der Waals surface area contributed by atoms with Gasteiger partial charge >= 0.3 is 5.97 Å².